The van der Waals surface area contributed by atoms with Crippen LogP contribution in [0, 0.1) is 5.92 Å². The second-order valence-electron chi connectivity index (χ2n) is 5.66. The number of nitrogens with one attached hydrogen (secondary N) is 1. The van der Waals surface area contributed by atoms with Crippen LogP contribution in [0.4, 0.5) is 5.69 Å². The van der Waals surface area contributed by atoms with Crippen molar-refractivity contribution >= 4 is 17.3 Å². The van der Waals surface area contributed by atoms with Crippen molar-refractivity contribution in [3.63, 3.8) is 0 Å². The molecule has 1 fully saturated rings. The number of nitrogens with two attached hydrogens (primary N) is 1. The summed E-state index contributed by atoms with van der Waals surface area (Å²) in [4.78, 5) is 0. The maximum atomic E-state index is 6.04. The first-order chi connectivity index (χ1) is 8.63. The highest BCUT2D eigenvalue weighted by Gasteiger charge is 2.30. The van der Waals surface area contributed by atoms with E-state index >= 15 is 0 Å². The van der Waals surface area contributed by atoms with E-state index in [-0.39, 0.29) is 5.54 Å². The SMILES string of the molecule is CC1CCCC(CN)(Nc2cccc(Cl)c2)CC1. The standard InChI is InChI=1S/C15H23ClN2/c1-12-4-3-8-15(11-17,9-7-12)18-14-6-2-5-13(16)10-14/h2,5-6,10,12,18H,3-4,7-9,11,17H2,1H3. The van der Waals surface area contributed by atoms with Crippen LogP contribution in [0.2, 0.25) is 5.02 Å². The fraction of sp³-hybridized carbons (Fsp3) is 0.600. The number of hydrogen-bond donors (Lipinski definition) is 2. The lowest BCUT2D eigenvalue weighted by Crippen LogP contribution is -2.45. The Bertz CT molecular complexity index is 394. The summed E-state index contributed by atoms with van der Waals surface area (Å²) in [5, 5.41) is 4.41. The van der Waals surface area contributed by atoms with Gasteiger partial charge < -0.3 is 11.1 Å². The molecular formula is C15H23ClN2. The molecule has 0 heterocycles. The van der Waals surface area contributed by atoms with Crippen molar-refractivity contribution < 1.29 is 0 Å². The Morgan fingerprint density at radius 1 is 1.39 bits per heavy atom. The van der Waals surface area contributed by atoms with Crippen molar-refractivity contribution in [3.8, 4) is 0 Å². The molecule has 0 spiro atoms. The highest BCUT2D eigenvalue weighted by molar-refractivity contribution is 6.30. The summed E-state index contributed by atoms with van der Waals surface area (Å²) in [6, 6.07) is 7.93. The van der Waals surface area contributed by atoms with E-state index in [0.29, 0.717) is 6.54 Å². The van der Waals surface area contributed by atoms with E-state index in [1.54, 1.807) is 0 Å². The zero-order valence-electron chi connectivity index (χ0n) is 11.1. The quantitative estimate of drug-likeness (QED) is 0.810. The predicted octanol–water partition coefficient (Wildman–Crippen LogP) is 4.05. The summed E-state index contributed by atoms with van der Waals surface area (Å²) in [5.41, 5.74) is 7.18. The van der Waals surface area contributed by atoms with E-state index in [1.807, 2.05) is 18.2 Å². The zero-order valence-corrected chi connectivity index (χ0v) is 11.8. The van der Waals surface area contributed by atoms with Crippen molar-refractivity contribution in [2.45, 2.75) is 44.6 Å². The van der Waals surface area contributed by atoms with Crippen LogP contribution in [0.5, 0.6) is 0 Å². The molecule has 1 saturated carbocycles. The van der Waals surface area contributed by atoms with Crippen LogP contribution in [0.1, 0.15) is 39.0 Å². The van der Waals surface area contributed by atoms with E-state index in [9.17, 15) is 0 Å². The summed E-state index contributed by atoms with van der Waals surface area (Å²) in [5.74, 6) is 0.819. The first kappa shape index (κ1) is 13.7. The van der Waals surface area contributed by atoms with Gasteiger partial charge in [0, 0.05) is 22.8 Å². The highest BCUT2D eigenvalue weighted by atomic mass is 35.5. The molecule has 2 rings (SSSR count). The Balaban J connectivity index is 2.12. The molecule has 100 valence electrons. The molecule has 0 saturated heterocycles. The maximum absolute atomic E-state index is 6.04. The molecule has 3 heteroatoms. The van der Waals surface area contributed by atoms with Gasteiger partial charge in [0.05, 0.1) is 0 Å². The third kappa shape index (κ3) is 3.39. The van der Waals surface area contributed by atoms with E-state index < -0.39 is 0 Å². The molecular weight excluding hydrogens is 244 g/mol. The minimum Gasteiger partial charge on any atom is -0.378 e. The summed E-state index contributed by atoms with van der Waals surface area (Å²) < 4.78 is 0. The lowest BCUT2D eigenvalue weighted by atomic mass is 9.89. The van der Waals surface area contributed by atoms with Gasteiger partial charge in [0.1, 0.15) is 0 Å². The average Bonchev–Trinajstić information content (AvgIpc) is 2.53. The molecule has 18 heavy (non-hydrogen) atoms. The van der Waals surface area contributed by atoms with Gasteiger partial charge in [-0.3, -0.25) is 0 Å². The normalized spacial score (nSPS) is 28.7. The molecule has 1 aromatic rings. The van der Waals surface area contributed by atoms with Crippen LogP contribution < -0.4 is 11.1 Å². The molecule has 0 radical (unpaired) electrons. The lowest BCUT2D eigenvalue weighted by Gasteiger charge is -2.34. The first-order valence-electron chi connectivity index (χ1n) is 6.87. The Kier molecular flexibility index (Phi) is 4.52. The van der Waals surface area contributed by atoms with Crippen LogP contribution in [-0.4, -0.2) is 12.1 Å². The molecule has 1 aromatic carbocycles. The minimum atomic E-state index is 0.0510. The highest BCUT2D eigenvalue weighted by Crippen LogP contribution is 2.32. The monoisotopic (exact) mass is 266 g/mol. The number of anilines is 1. The van der Waals surface area contributed by atoms with Crippen molar-refractivity contribution in [2.24, 2.45) is 11.7 Å². The van der Waals surface area contributed by atoms with E-state index in [4.69, 9.17) is 17.3 Å². The molecule has 0 bridgehead atoms. The Labute approximate surface area is 115 Å². The fourth-order valence-corrected chi connectivity index (χ4v) is 3.02. The third-order valence-electron chi connectivity index (χ3n) is 4.09. The predicted molar refractivity (Wildman–Crippen MR) is 79.1 cm³/mol. The molecule has 0 aliphatic heterocycles. The first-order valence-corrected chi connectivity index (χ1v) is 7.25. The molecule has 2 unspecified atom stereocenters. The fourth-order valence-electron chi connectivity index (χ4n) is 2.83. The largest absolute Gasteiger partial charge is 0.378 e. The average molecular weight is 267 g/mol. The smallest absolute Gasteiger partial charge is 0.0495 e. The van der Waals surface area contributed by atoms with Gasteiger partial charge in [-0.2, -0.15) is 0 Å². The topological polar surface area (TPSA) is 38.0 Å². The lowest BCUT2D eigenvalue weighted by molar-refractivity contribution is 0.409. The van der Waals surface area contributed by atoms with Crippen LogP contribution in [0.15, 0.2) is 24.3 Å². The number of halogens is 1. The van der Waals surface area contributed by atoms with Gasteiger partial charge in [-0.1, -0.05) is 37.4 Å². The van der Waals surface area contributed by atoms with Crippen LogP contribution in [0.3, 0.4) is 0 Å². The molecule has 0 amide bonds. The van der Waals surface area contributed by atoms with Gasteiger partial charge in [0.2, 0.25) is 0 Å². The van der Waals surface area contributed by atoms with Gasteiger partial charge in [-0.15, -0.1) is 0 Å². The summed E-state index contributed by atoms with van der Waals surface area (Å²) in [6.45, 7) is 3.03. The van der Waals surface area contributed by atoms with Gasteiger partial charge in [0.15, 0.2) is 0 Å². The molecule has 2 nitrogen and oxygen atoms in total. The van der Waals surface area contributed by atoms with Gasteiger partial charge in [-0.25, -0.2) is 0 Å². The van der Waals surface area contributed by atoms with Gasteiger partial charge >= 0.3 is 0 Å². The second-order valence-corrected chi connectivity index (χ2v) is 6.09. The zero-order chi connectivity index (χ0) is 13.0. The summed E-state index contributed by atoms with van der Waals surface area (Å²) >= 11 is 6.04. The van der Waals surface area contributed by atoms with Crippen molar-refractivity contribution in [3.05, 3.63) is 29.3 Å². The number of benzene rings is 1. The third-order valence-corrected chi connectivity index (χ3v) is 4.33. The van der Waals surface area contributed by atoms with Crippen molar-refractivity contribution in [1.82, 2.24) is 0 Å². The Morgan fingerprint density at radius 2 is 2.22 bits per heavy atom. The van der Waals surface area contributed by atoms with Crippen molar-refractivity contribution in [2.75, 3.05) is 11.9 Å². The van der Waals surface area contributed by atoms with Gasteiger partial charge in [0.25, 0.3) is 0 Å². The molecule has 3 N–H and O–H groups in total. The number of hydrogen-bond acceptors (Lipinski definition) is 2. The van der Waals surface area contributed by atoms with E-state index in [2.05, 4.69) is 18.3 Å². The Hall–Kier alpha value is -0.730. The molecule has 1 aliphatic carbocycles. The summed E-state index contributed by atoms with van der Waals surface area (Å²) in [6.07, 6.45) is 6.13. The molecule has 2 atom stereocenters. The van der Waals surface area contributed by atoms with Crippen LogP contribution >= 0.6 is 11.6 Å². The Morgan fingerprint density at radius 3 is 2.94 bits per heavy atom. The summed E-state index contributed by atoms with van der Waals surface area (Å²) in [7, 11) is 0. The second kappa shape index (κ2) is 5.94. The minimum absolute atomic E-state index is 0.0510. The van der Waals surface area contributed by atoms with Crippen LogP contribution in [-0.2, 0) is 0 Å². The van der Waals surface area contributed by atoms with Crippen LogP contribution in [0.25, 0.3) is 0 Å². The number of rotatable bonds is 3. The molecule has 1 aliphatic rings. The van der Waals surface area contributed by atoms with Crippen molar-refractivity contribution in [1.29, 1.82) is 0 Å². The van der Waals surface area contributed by atoms with Gasteiger partial charge in [-0.05, 0) is 43.4 Å². The maximum Gasteiger partial charge on any atom is 0.0495 e. The van der Waals surface area contributed by atoms with E-state index in [1.165, 1.54) is 19.3 Å². The molecule has 0 aromatic heterocycles. The van der Waals surface area contributed by atoms with E-state index in [0.717, 1.165) is 29.5 Å².